The van der Waals surface area contributed by atoms with Gasteiger partial charge >= 0.3 is 0 Å². The molecule has 174 valence electrons. The molecule has 1 saturated heterocycles. The summed E-state index contributed by atoms with van der Waals surface area (Å²) < 4.78 is 5.96. The molecule has 4 aliphatic rings. The third-order valence-corrected chi connectivity index (χ3v) is 7.78. The highest BCUT2D eigenvalue weighted by Crippen LogP contribution is 2.56. The van der Waals surface area contributed by atoms with Gasteiger partial charge < -0.3 is 4.74 Å². The van der Waals surface area contributed by atoms with Gasteiger partial charge in [0.15, 0.2) is 28.9 Å². The van der Waals surface area contributed by atoms with Gasteiger partial charge in [0.2, 0.25) is 0 Å². The van der Waals surface area contributed by atoms with Gasteiger partial charge in [-0.1, -0.05) is 48.5 Å². The zero-order valence-corrected chi connectivity index (χ0v) is 19.0. The zero-order chi connectivity index (χ0) is 25.2. The molecule has 8 rings (SSSR count). The van der Waals surface area contributed by atoms with Gasteiger partial charge in [0.1, 0.15) is 12.2 Å². The zero-order valence-electron chi connectivity index (χ0n) is 19.0. The Morgan fingerprint density at radius 1 is 0.378 bits per heavy atom. The molecule has 4 aromatic carbocycles. The Labute approximate surface area is 209 Å². The Balaban J connectivity index is 1.33. The van der Waals surface area contributed by atoms with E-state index in [1.54, 1.807) is 60.7 Å². The fraction of sp³-hybridized carbons (Fsp3) is 0.0645. The second-order valence-corrected chi connectivity index (χ2v) is 9.68. The quantitative estimate of drug-likeness (QED) is 0.294. The van der Waals surface area contributed by atoms with Crippen LogP contribution >= 0.6 is 0 Å². The molecule has 1 fully saturated rings. The first-order valence-electron chi connectivity index (χ1n) is 11.9. The van der Waals surface area contributed by atoms with E-state index in [1.165, 1.54) is 12.1 Å². The first kappa shape index (κ1) is 20.4. The van der Waals surface area contributed by atoms with Crippen LogP contribution < -0.4 is 0 Å². The van der Waals surface area contributed by atoms with Gasteiger partial charge in [0.25, 0.3) is 0 Å². The Morgan fingerprint density at radius 2 is 0.676 bits per heavy atom. The summed E-state index contributed by atoms with van der Waals surface area (Å²) in [4.78, 5) is 66.9. The lowest BCUT2D eigenvalue weighted by Gasteiger charge is -2.20. The minimum atomic E-state index is -0.495. The van der Waals surface area contributed by atoms with Crippen LogP contribution in [0.1, 0.15) is 103 Å². The number of hydrogen-bond donors (Lipinski definition) is 0. The number of ether oxygens (including phenoxy) is 1. The molecule has 0 aromatic heterocycles. The minimum absolute atomic E-state index is 0.176. The summed E-state index contributed by atoms with van der Waals surface area (Å²) in [6.07, 6.45) is -0.990. The van der Waals surface area contributed by atoms with Crippen molar-refractivity contribution < 1.29 is 28.7 Å². The second kappa shape index (κ2) is 6.69. The first-order valence-corrected chi connectivity index (χ1v) is 11.9. The number of epoxide rings is 1. The smallest absolute Gasteiger partial charge is 0.194 e. The number of carbonyl (C=O) groups is 5. The second-order valence-electron chi connectivity index (χ2n) is 9.68. The Morgan fingerprint density at radius 3 is 1.03 bits per heavy atom. The normalized spacial score (nSPS) is 20.1. The molecule has 37 heavy (non-hydrogen) atoms. The molecule has 1 aliphatic heterocycles. The Kier molecular flexibility index (Phi) is 3.69. The lowest BCUT2D eigenvalue weighted by atomic mass is 9.80. The van der Waals surface area contributed by atoms with Crippen LogP contribution in [-0.2, 0) is 4.74 Å². The van der Waals surface area contributed by atoms with E-state index in [9.17, 15) is 24.0 Å². The summed E-state index contributed by atoms with van der Waals surface area (Å²) in [5, 5.41) is 0. The molecule has 0 amide bonds. The lowest BCUT2D eigenvalue weighted by molar-refractivity contribution is 0.0976. The number of ketones is 5. The maximum Gasteiger partial charge on any atom is 0.194 e. The van der Waals surface area contributed by atoms with Crippen LogP contribution in [-0.4, -0.2) is 28.9 Å². The summed E-state index contributed by atoms with van der Waals surface area (Å²) in [5.41, 5.74) is 3.71. The molecule has 0 N–H and O–H groups in total. The molecule has 0 saturated carbocycles. The summed E-state index contributed by atoms with van der Waals surface area (Å²) in [7, 11) is 0. The third-order valence-electron chi connectivity index (χ3n) is 7.78. The van der Waals surface area contributed by atoms with E-state index in [1.807, 2.05) is 0 Å². The topological polar surface area (TPSA) is 97.9 Å². The van der Waals surface area contributed by atoms with E-state index in [2.05, 4.69) is 0 Å². The predicted octanol–water partition coefficient (Wildman–Crippen LogP) is 4.59. The number of benzene rings is 4. The van der Waals surface area contributed by atoms with Crippen molar-refractivity contribution in [1.82, 2.24) is 0 Å². The van der Waals surface area contributed by atoms with E-state index < -0.39 is 12.2 Å². The highest BCUT2D eigenvalue weighted by molar-refractivity contribution is 6.31. The molecule has 6 nitrogen and oxygen atoms in total. The molecule has 1 heterocycles. The van der Waals surface area contributed by atoms with Crippen molar-refractivity contribution in [2.45, 2.75) is 12.2 Å². The number of hydrogen-bond acceptors (Lipinski definition) is 6. The molecule has 0 spiro atoms. The van der Waals surface area contributed by atoms with Crippen molar-refractivity contribution in [1.29, 1.82) is 0 Å². The fourth-order valence-corrected chi connectivity index (χ4v) is 5.92. The van der Waals surface area contributed by atoms with Gasteiger partial charge in [-0.25, -0.2) is 0 Å². The van der Waals surface area contributed by atoms with Crippen molar-refractivity contribution in [3.05, 3.63) is 140 Å². The largest absolute Gasteiger partial charge is 0.359 e. The van der Waals surface area contributed by atoms with Gasteiger partial charge in [-0.05, 0) is 35.4 Å². The summed E-state index contributed by atoms with van der Waals surface area (Å²) in [5.74, 6) is -1.56. The van der Waals surface area contributed by atoms with Crippen molar-refractivity contribution in [3.8, 4) is 0 Å². The maximum absolute atomic E-state index is 13.9. The molecule has 0 bridgehead atoms. The average Bonchev–Trinajstić information content (AvgIpc) is 3.74. The molecule has 6 heteroatoms. The molecule has 0 radical (unpaired) electrons. The summed E-state index contributed by atoms with van der Waals surface area (Å²) in [6.45, 7) is 0. The van der Waals surface area contributed by atoms with Crippen LogP contribution in [0.25, 0.3) is 0 Å². The maximum atomic E-state index is 13.9. The first-order chi connectivity index (χ1) is 17.9. The highest BCUT2D eigenvalue weighted by Gasteiger charge is 2.49. The van der Waals surface area contributed by atoms with Crippen molar-refractivity contribution in [2.24, 2.45) is 0 Å². The SMILES string of the molecule is O=C1c2ccccc2C(=O)c2cc3c(cc21)C(=O)c1cc2c(cc1C1OC31)C(=O)c1ccccc1C2=O. The summed E-state index contributed by atoms with van der Waals surface area (Å²) >= 11 is 0. The monoisotopic (exact) mass is 482 g/mol. The fourth-order valence-electron chi connectivity index (χ4n) is 5.92. The van der Waals surface area contributed by atoms with Crippen LogP contribution in [0, 0.1) is 0 Å². The van der Waals surface area contributed by atoms with Gasteiger partial charge in [0.05, 0.1) is 0 Å². The van der Waals surface area contributed by atoms with Crippen LogP contribution in [0.4, 0.5) is 0 Å². The molecule has 2 unspecified atom stereocenters. The molecule has 4 aromatic rings. The lowest BCUT2D eigenvalue weighted by Crippen LogP contribution is -2.23. The van der Waals surface area contributed by atoms with Crippen LogP contribution in [0.5, 0.6) is 0 Å². The average molecular weight is 482 g/mol. The molecule has 3 aliphatic carbocycles. The number of carbonyl (C=O) groups excluding carboxylic acids is 5. The van der Waals surface area contributed by atoms with Gasteiger partial charge in [0, 0.05) is 55.6 Å². The van der Waals surface area contributed by atoms with Crippen molar-refractivity contribution >= 4 is 28.9 Å². The highest BCUT2D eigenvalue weighted by atomic mass is 16.6. The van der Waals surface area contributed by atoms with Gasteiger partial charge in [-0.3, -0.25) is 24.0 Å². The molecule has 2 atom stereocenters. The predicted molar refractivity (Wildman–Crippen MR) is 129 cm³/mol. The third kappa shape index (κ3) is 2.50. The van der Waals surface area contributed by atoms with Gasteiger partial charge in [-0.15, -0.1) is 0 Å². The van der Waals surface area contributed by atoms with E-state index in [-0.39, 0.29) is 62.3 Å². The van der Waals surface area contributed by atoms with Crippen LogP contribution in [0.2, 0.25) is 0 Å². The summed E-state index contributed by atoms with van der Waals surface area (Å²) in [6, 6.07) is 19.4. The van der Waals surface area contributed by atoms with Crippen molar-refractivity contribution in [2.75, 3.05) is 0 Å². The standard InChI is InChI=1S/C31H14O6/c32-25-13-5-1-3-7-15(13)27(34)19-11-23-21(9-17(19)25)29(36)22-10-18-20(12-24(22)31-30(23)37-31)28(35)16-8-4-2-6-14(16)26(18)33/h1-12,30-31H. The Hall–Kier alpha value is -4.81. The van der Waals surface area contributed by atoms with Crippen molar-refractivity contribution in [3.63, 3.8) is 0 Å². The molecular formula is C31H14O6. The van der Waals surface area contributed by atoms with E-state index >= 15 is 0 Å². The number of fused-ring (bicyclic) bond motifs is 9. The molecular weight excluding hydrogens is 468 g/mol. The minimum Gasteiger partial charge on any atom is -0.359 e. The Bertz CT molecular complexity index is 1730. The van der Waals surface area contributed by atoms with E-state index in [0.717, 1.165) is 0 Å². The van der Waals surface area contributed by atoms with Gasteiger partial charge in [-0.2, -0.15) is 0 Å². The van der Waals surface area contributed by atoms with E-state index in [0.29, 0.717) is 33.4 Å². The van der Waals surface area contributed by atoms with Crippen LogP contribution in [0.3, 0.4) is 0 Å². The van der Waals surface area contributed by atoms with E-state index in [4.69, 9.17) is 4.74 Å². The number of rotatable bonds is 0. The van der Waals surface area contributed by atoms with Crippen LogP contribution in [0.15, 0.2) is 72.8 Å².